The predicted octanol–water partition coefficient (Wildman–Crippen LogP) is -0.923. The fourth-order valence-corrected chi connectivity index (χ4v) is 5.73. The third kappa shape index (κ3) is 6.62. The number of anilines is 1. The van der Waals surface area contributed by atoms with Crippen LogP contribution in [0.15, 0.2) is 11.0 Å². The first-order valence-corrected chi connectivity index (χ1v) is 12.8. The van der Waals surface area contributed by atoms with Crippen LogP contribution in [0.25, 0.3) is 0 Å². The lowest BCUT2D eigenvalue weighted by atomic mass is 9.96. The van der Waals surface area contributed by atoms with Crippen LogP contribution in [0.1, 0.15) is 6.23 Å². The standard InChI is InChI=1S/C10H15ClF2N3O14P3/c11-3-1-16(9(19)15-6(3)14)7-4(17)5(18)10(28-7,8(12)13)2-27-32(23,24)30-33(25,26)29-31(20,21)22/h1,4-5,7-8,17-18H,2H2,(H,23,24)(H,25,26)(H2,14,15,19)(H2,20,21,22)/t4-,5+,7-,10-/m1/s1. The van der Waals surface area contributed by atoms with E-state index in [0.717, 1.165) is 6.20 Å². The smallest absolute Gasteiger partial charge is 0.387 e. The van der Waals surface area contributed by atoms with Gasteiger partial charge in [0.1, 0.15) is 18.0 Å². The molecule has 0 spiro atoms. The Morgan fingerprint density at radius 1 is 1.21 bits per heavy atom. The first kappa shape index (κ1) is 28.4. The molecule has 2 rings (SSSR count). The van der Waals surface area contributed by atoms with Crippen LogP contribution in [0.5, 0.6) is 0 Å². The van der Waals surface area contributed by atoms with Crippen molar-refractivity contribution in [3.8, 4) is 0 Å². The van der Waals surface area contributed by atoms with E-state index in [0.29, 0.717) is 4.57 Å². The molecule has 2 unspecified atom stereocenters. The van der Waals surface area contributed by atoms with Crippen molar-refractivity contribution in [1.82, 2.24) is 9.55 Å². The molecule has 1 fully saturated rings. The molecule has 1 saturated heterocycles. The average molecular weight is 568 g/mol. The van der Waals surface area contributed by atoms with Crippen LogP contribution in [0.2, 0.25) is 5.02 Å². The molecule has 0 bridgehead atoms. The molecular formula is C10H15ClF2N3O14P3. The summed E-state index contributed by atoms with van der Waals surface area (Å²) in [5.74, 6) is -0.460. The van der Waals surface area contributed by atoms with Crippen molar-refractivity contribution >= 4 is 40.9 Å². The van der Waals surface area contributed by atoms with Crippen molar-refractivity contribution in [2.24, 2.45) is 0 Å². The molecule has 0 aromatic carbocycles. The second-order valence-electron chi connectivity index (χ2n) is 6.23. The second kappa shape index (κ2) is 9.64. The minimum absolute atomic E-state index is 0.372. The van der Waals surface area contributed by atoms with E-state index in [1.54, 1.807) is 0 Å². The number of aromatic nitrogens is 2. The third-order valence-electron chi connectivity index (χ3n) is 3.90. The minimum atomic E-state index is -5.97. The molecule has 8 N–H and O–H groups in total. The summed E-state index contributed by atoms with van der Waals surface area (Å²) in [5, 5.41) is 19.9. The van der Waals surface area contributed by atoms with Gasteiger partial charge in [-0.3, -0.25) is 9.09 Å². The summed E-state index contributed by atoms with van der Waals surface area (Å²) >= 11 is 5.69. The highest BCUT2D eigenvalue weighted by Crippen LogP contribution is 2.66. The van der Waals surface area contributed by atoms with Gasteiger partial charge in [-0.1, -0.05) is 11.6 Å². The van der Waals surface area contributed by atoms with E-state index in [9.17, 15) is 42.4 Å². The van der Waals surface area contributed by atoms with Crippen molar-refractivity contribution in [1.29, 1.82) is 0 Å². The number of hydrogen-bond donors (Lipinski definition) is 7. The van der Waals surface area contributed by atoms with E-state index in [2.05, 4.69) is 18.1 Å². The summed E-state index contributed by atoms with van der Waals surface area (Å²) in [6, 6.07) is 0. The number of ether oxygens (including phenoxy) is 1. The van der Waals surface area contributed by atoms with Crippen molar-refractivity contribution in [3.05, 3.63) is 21.7 Å². The average Bonchev–Trinajstić information content (AvgIpc) is 2.86. The number of nitrogens with two attached hydrogens (primary N) is 1. The van der Waals surface area contributed by atoms with Crippen LogP contribution in [0.3, 0.4) is 0 Å². The summed E-state index contributed by atoms with van der Waals surface area (Å²) in [7, 11) is -17.6. The lowest BCUT2D eigenvalue weighted by Crippen LogP contribution is -2.52. The Morgan fingerprint density at radius 2 is 1.79 bits per heavy atom. The number of alkyl halides is 2. The van der Waals surface area contributed by atoms with Crippen LogP contribution in [0.4, 0.5) is 14.6 Å². The molecule has 0 amide bonds. The van der Waals surface area contributed by atoms with Gasteiger partial charge in [0.05, 0.1) is 11.6 Å². The number of nitrogen functional groups attached to an aromatic ring is 1. The highest BCUT2D eigenvalue weighted by atomic mass is 35.5. The number of phosphoric acid groups is 3. The van der Waals surface area contributed by atoms with Crippen molar-refractivity contribution in [2.45, 2.75) is 30.5 Å². The first-order chi connectivity index (χ1) is 14.8. The Labute approximate surface area is 185 Å². The highest BCUT2D eigenvalue weighted by Gasteiger charge is 2.62. The Hall–Kier alpha value is -0.880. The molecule has 33 heavy (non-hydrogen) atoms. The lowest BCUT2D eigenvalue weighted by molar-refractivity contribution is -0.193. The number of hydrogen-bond acceptors (Lipinski definition) is 12. The van der Waals surface area contributed by atoms with Gasteiger partial charge in [0.15, 0.2) is 11.8 Å². The second-order valence-corrected chi connectivity index (χ2v) is 11.1. The Morgan fingerprint density at radius 3 is 2.30 bits per heavy atom. The molecule has 0 aliphatic carbocycles. The van der Waals surface area contributed by atoms with Gasteiger partial charge in [0.2, 0.25) is 0 Å². The monoisotopic (exact) mass is 567 g/mol. The summed E-state index contributed by atoms with van der Waals surface area (Å²) in [6.45, 7) is -1.83. The zero-order valence-corrected chi connectivity index (χ0v) is 18.9. The maximum absolute atomic E-state index is 13.8. The van der Waals surface area contributed by atoms with Crippen LogP contribution in [-0.2, 0) is 31.6 Å². The van der Waals surface area contributed by atoms with Gasteiger partial charge in [0.25, 0.3) is 6.43 Å². The van der Waals surface area contributed by atoms with E-state index in [-0.39, 0.29) is 5.02 Å². The highest BCUT2D eigenvalue weighted by molar-refractivity contribution is 7.66. The van der Waals surface area contributed by atoms with Crippen LogP contribution < -0.4 is 11.4 Å². The van der Waals surface area contributed by atoms with Crippen LogP contribution in [0, 0.1) is 0 Å². The van der Waals surface area contributed by atoms with Gasteiger partial charge in [-0.15, -0.1) is 0 Å². The number of aliphatic hydroxyl groups is 2. The van der Waals surface area contributed by atoms with Gasteiger partial charge in [-0.2, -0.15) is 13.6 Å². The van der Waals surface area contributed by atoms with Crippen LogP contribution >= 0.6 is 35.1 Å². The molecule has 190 valence electrons. The summed E-state index contributed by atoms with van der Waals surface area (Å²) in [6.07, 6.45) is -10.1. The molecule has 1 aliphatic heterocycles. The topological polar surface area (TPSA) is 270 Å². The van der Waals surface area contributed by atoms with Crippen molar-refractivity contribution in [3.63, 3.8) is 0 Å². The number of aliphatic hydroxyl groups excluding tert-OH is 2. The van der Waals surface area contributed by atoms with Gasteiger partial charge in [-0.05, 0) is 0 Å². The molecule has 1 aliphatic rings. The minimum Gasteiger partial charge on any atom is -0.387 e. The van der Waals surface area contributed by atoms with Crippen LogP contribution in [-0.4, -0.2) is 70.2 Å². The van der Waals surface area contributed by atoms with Gasteiger partial charge < -0.3 is 40.3 Å². The van der Waals surface area contributed by atoms with Crippen molar-refractivity contribution < 1.29 is 70.1 Å². The Bertz CT molecular complexity index is 1100. The fourth-order valence-electron chi connectivity index (χ4n) is 2.52. The zero-order chi connectivity index (χ0) is 25.6. The Balaban J connectivity index is 2.30. The Kier molecular flexibility index (Phi) is 8.28. The van der Waals surface area contributed by atoms with E-state index < -0.39 is 72.0 Å². The normalized spacial score (nSPS) is 29.7. The summed E-state index contributed by atoms with van der Waals surface area (Å²) in [4.78, 5) is 50.7. The number of phosphoric ester groups is 1. The molecule has 6 atom stereocenters. The fraction of sp³-hybridized carbons (Fsp3) is 0.600. The molecule has 0 radical (unpaired) electrons. The lowest BCUT2D eigenvalue weighted by Gasteiger charge is -2.31. The van der Waals surface area contributed by atoms with Gasteiger partial charge >= 0.3 is 29.2 Å². The van der Waals surface area contributed by atoms with E-state index >= 15 is 0 Å². The molecule has 2 heterocycles. The molecule has 17 nitrogen and oxygen atoms in total. The summed E-state index contributed by atoms with van der Waals surface area (Å²) < 4.78 is 77.6. The SMILES string of the molecule is Nc1nc(=O)n([C@@H]2O[C@@](COP(=O)(O)OP(=O)(O)OP(=O)(O)O)(C(F)F)[C@@H](O)[C@H]2O)cc1Cl. The molecule has 1 aromatic heterocycles. The maximum atomic E-state index is 13.8. The van der Waals surface area contributed by atoms with Gasteiger partial charge in [0, 0.05) is 6.20 Å². The van der Waals surface area contributed by atoms with Crippen molar-refractivity contribution in [2.75, 3.05) is 12.3 Å². The maximum Gasteiger partial charge on any atom is 0.490 e. The quantitative estimate of drug-likeness (QED) is 0.178. The first-order valence-electron chi connectivity index (χ1n) is 7.95. The molecular weight excluding hydrogens is 552 g/mol. The zero-order valence-electron chi connectivity index (χ0n) is 15.5. The third-order valence-corrected chi connectivity index (χ3v) is 7.98. The molecule has 1 aromatic rings. The van der Waals surface area contributed by atoms with E-state index in [1.165, 1.54) is 0 Å². The molecule has 23 heteroatoms. The number of nitrogens with zero attached hydrogens (tertiary/aromatic N) is 2. The predicted molar refractivity (Wildman–Crippen MR) is 98.6 cm³/mol. The number of halogens is 3. The summed E-state index contributed by atoms with van der Waals surface area (Å²) in [5.41, 5.74) is 0.709. The largest absolute Gasteiger partial charge is 0.490 e. The number of rotatable bonds is 9. The van der Waals surface area contributed by atoms with E-state index in [1.807, 2.05) is 0 Å². The molecule has 0 saturated carbocycles. The van der Waals surface area contributed by atoms with Gasteiger partial charge in [-0.25, -0.2) is 27.3 Å². The van der Waals surface area contributed by atoms with E-state index in [4.69, 9.17) is 36.8 Å².